The average Bonchev–Trinajstić information content (AvgIpc) is 2.85. The number of rotatable bonds is 4. The van der Waals surface area contributed by atoms with Crippen molar-refractivity contribution < 1.29 is 4.79 Å². The summed E-state index contributed by atoms with van der Waals surface area (Å²) >= 11 is 0. The number of aryl methyl sites for hydroxylation is 1. The third kappa shape index (κ3) is 2.97. The molecule has 0 aliphatic rings. The minimum atomic E-state index is 0.0190. The minimum absolute atomic E-state index is 0.0190. The zero-order valence-electron chi connectivity index (χ0n) is 10.6. The van der Waals surface area contributed by atoms with Crippen LogP contribution in [0.25, 0.3) is 0 Å². The van der Waals surface area contributed by atoms with E-state index >= 15 is 0 Å². The predicted molar refractivity (Wildman–Crippen MR) is 71.4 cm³/mol. The van der Waals surface area contributed by atoms with Crippen molar-refractivity contribution in [1.29, 1.82) is 0 Å². The number of nitrogens with zero attached hydrogens (tertiary/aromatic N) is 2. The molecule has 0 radical (unpaired) electrons. The van der Waals surface area contributed by atoms with Crippen LogP contribution in [0, 0.1) is 6.92 Å². The van der Waals surface area contributed by atoms with Gasteiger partial charge in [-0.15, -0.1) is 0 Å². The lowest BCUT2D eigenvalue weighted by Gasteiger charge is -2.13. The zero-order chi connectivity index (χ0) is 13.0. The number of carbonyl (C=O) groups is 1. The Bertz CT molecular complexity index is 520. The topological polar surface area (TPSA) is 46.9 Å². The Morgan fingerprint density at radius 2 is 2.22 bits per heavy atom. The number of amides is 1. The quantitative estimate of drug-likeness (QED) is 0.897. The van der Waals surface area contributed by atoms with Gasteiger partial charge in [-0.2, -0.15) is 0 Å². The van der Waals surface area contributed by atoms with Crippen molar-refractivity contribution in [3.63, 3.8) is 0 Å². The number of anilines is 1. The lowest BCUT2D eigenvalue weighted by molar-refractivity contribution is -0.116. The molecule has 0 unspecified atom stereocenters. The SMILES string of the molecule is Cc1ccccc1NC(=O)C[C@H](C)n1ccnc1. The molecule has 1 heterocycles. The van der Waals surface area contributed by atoms with Crippen LogP contribution in [0.3, 0.4) is 0 Å². The summed E-state index contributed by atoms with van der Waals surface area (Å²) in [6.45, 7) is 3.98. The minimum Gasteiger partial charge on any atom is -0.334 e. The maximum atomic E-state index is 11.9. The summed E-state index contributed by atoms with van der Waals surface area (Å²) in [7, 11) is 0. The fourth-order valence-electron chi connectivity index (χ4n) is 1.82. The number of benzene rings is 1. The highest BCUT2D eigenvalue weighted by atomic mass is 16.1. The number of hydrogen-bond acceptors (Lipinski definition) is 2. The van der Waals surface area contributed by atoms with Gasteiger partial charge in [0.25, 0.3) is 0 Å². The molecule has 0 aliphatic carbocycles. The number of carbonyl (C=O) groups excluding carboxylic acids is 1. The molecule has 1 atom stereocenters. The Morgan fingerprint density at radius 3 is 2.89 bits per heavy atom. The van der Waals surface area contributed by atoms with Crippen LogP contribution in [0.2, 0.25) is 0 Å². The molecule has 2 rings (SSSR count). The van der Waals surface area contributed by atoms with E-state index < -0.39 is 0 Å². The van der Waals surface area contributed by atoms with Crippen LogP contribution in [-0.4, -0.2) is 15.5 Å². The van der Waals surface area contributed by atoms with Crippen molar-refractivity contribution in [2.24, 2.45) is 0 Å². The first kappa shape index (κ1) is 12.4. The van der Waals surface area contributed by atoms with E-state index in [9.17, 15) is 4.79 Å². The van der Waals surface area contributed by atoms with Crippen molar-refractivity contribution in [3.8, 4) is 0 Å². The van der Waals surface area contributed by atoms with E-state index in [0.29, 0.717) is 6.42 Å². The Kier molecular flexibility index (Phi) is 3.77. The fraction of sp³-hybridized carbons (Fsp3) is 0.286. The summed E-state index contributed by atoms with van der Waals surface area (Å²) in [5, 5.41) is 2.93. The molecule has 1 aromatic heterocycles. The molecule has 94 valence electrons. The summed E-state index contributed by atoms with van der Waals surface area (Å²) < 4.78 is 1.93. The van der Waals surface area contributed by atoms with E-state index in [4.69, 9.17) is 0 Å². The summed E-state index contributed by atoms with van der Waals surface area (Å²) in [4.78, 5) is 15.9. The molecule has 1 N–H and O–H groups in total. The maximum Gasteiger partial charge on any atom is 0.226 e. The molecule has 0 bridgehead atoms. The zero-order valence-corrected chi connectivity index (χ0v) is 10.6. The molecule has 4 nitrogen and oxygen atoms in total. The monoisotopic (exact) mass is 243 g/mol. The van der Waals surface area contributed by atoms with Crippen molar-refractivity contribution >= 4 is 11.6 Å². The number of hydrogen-bond donors (Lipinski definition) is 1. The highest BCUT2D eigenvalue weighted by Crippen LogP contribution is 2.16. The summed E-state index contributed by atoms with van der Waals surface area (Å²) in [5.41, 5.74) is 1.95. The Balaban J connectivity index is 1.95. The standard InChI is InChI=1S/C14H17N3O/c1-11-5-3-4-6-13(11)16-14(18)9-12(2)17-8-7-15-10-17/h3-8,10,12H,9H2,1-2H3,(H,16,18)/t12-/m0/s1. The first-order chi connectivity index (χ1) is 8.66. The smallest absolute Gasteiger partial charge is 0.226 e. The van der Waals surface area contributed by atoms with E-state index in [2.05, 4.69) is 10.3 Å². The molecule has 18 heavy (non-hydrogen) atoms. The molecule has 0 fully saturated rings. The lowest BCUT2D eigenvalue weighted by Crippen LogP contribution is -2.17. The number of para-hydroxylation sites is 1. The van der Waals surface area contributed by atoms with Gasteiger partial charge < -0.3 is 9.88 Å². The van der Waals surface area contributed by atoms with Crippen LogP contribution in [0.4, 0.5) is 5.69 Å². The third-order valence-corrected chi connectivity index (χ3v) is 2.93. The van der Waals surface area contributed by atoms with Gasteiger partial charge in [-0.1, -0.05) is 18.2 Å². The van der Waals surface area contributed by atoms with Gasteiger partial charge >= 0.3 is 0 Å². The Morgan fingerprint density at radius 1 is 1.44 bits per heavy atom. The molecular weight excluding hydrogens is 226 g/mol. The van der Waals surface area contributed by atoms with Gasteiger partial charge in [0.05, 0.1) is 6.33 Å². The molecule has 4 heteroatoms. The second-order valence-electron chi connectivity index (χ2n) is 4.43. The normalized spacial score (nSPS) is 12.1. The predicted octanol–water partition coefficient (Wildman–Crippen LogP) is 2.78. The van der Waals surface area contributed by atoms with Crippen LogP contribution in [0.1, 0.15) is 24.9 Å². The second-order valence-corrected chi connectivity index (χ2v) is 4.43. The van der Waals surface area contributed by atoms with Crippen molar-refractivity contribution in [2.75, 3.05) is 5.32 Å². The van der Waals surface area contributed by atoms with E-state index in [0.717, 1.165) is 11.3 Å². The van der Waals surface area contributed by atoms with Gasteiger partial charge in [-0.05, 0) is 25.5 Å². The largest absolute Gasteiger partial charge is 0.334 e. The maximum absolute atomic E-state index is 11.9. The van der Waals surface area contributed by atoms with Gasteiger partial charge in [-0.3, -0.25) is 4.79 Å². The molecule has 0 aliphatic heterocycles. The number of imidazole rings is 1. The molecule has 2 aromatic rings. The molecule has 1 aromatic carbocycles. The molecule has 0 saturated heterocycles. The molecule has 1 amide bonds. The van der Waals surface area contributed by atoms with Crippen LogP contribution in [0.5, 0.6) is 0 Å². The number of nitrogens with one attached hydrogen (secondary N) is 1. The van der Waals surface area contributed by atoms with Crippen molar-refractivity contribution in [1.82, 2.24) is 9.55 Å². The fourth-order valence-corrected chi connectivity index (χ4v) is 1.82. The lowest BCUT2D eigenvalue weighted by atomic mass is 10.2. The summed E-state index contributed by atoms with van der Waals surface area (Å²) in [5.74, 6) is 0.0190. The van der Waals surface area contributed by atoms with Crippen LogP contribution >= 0.6 is 0 Å². The van der Waals surface area contributed by atoms with E-state index in [1.54, 1.807) is 12.5 Å². The van der Waals surface area contributed by atoms with E-state index in [1.807, 2.05) is 48.9 Å². The highest BCUT2D eigenvalue weighted by Gasteiger charge is 2.11. The third-order valence-electron chi connectivity index (χ3n) is 2.93. The van der Waals surface area contributed by atoms with Crippen LogP contribution in [0.15, 0.2) is 43.0 Å². The first-order valence-electron chi connectivity index (χ1n) is 5.99. The van der Waals surface area contributed by atoms with E-state index in [-0.39, 0.29) is 11.9 Å². The second kappa shape index (κ2) is 5.49. The Labute approximate surface area is 107 Å². The molecular formula is C14H17N3O. The number of aromatic nitrogens is 2. The van der Waals surface area contributed by atoms with Gasteiger partial charge in [0.15, 0.2) is 0 Å². The molecule has 0 spiro atoms. The van der Waals surface area contributed by atoms with Crippen LogP contribution < -0.4 is 5.32 Å². The average molecular weight is 243 g/mol. The van der Waals surface area contributed by atoms with E-state index in [1.165, 1.54) is 0 Å². The summed E-state index contributed by atoms with van der Waals surface area (Å²) in [6.07, 6.45) is 5.75. The summed E-state index contributed by atoms with van der Waals surface area (Å²) in [6, 6.07) is 7.88. The van der Waals surface area contributed by atoms with Gasteiger partial charge in [0.1, 0.15) is 0 Å². The Hall–Kier alpha value is -2.10. The highest BCUT2D eigenvalue weighted by molar-refractivity contribution is 5.91. The molecule has 0 saturated carbocycles. The van der Waals surface area contributed by atoms with Gasteiger partial charge in [0, 0.05) is 30.5 Å². The van der Waals surface area contributed by atoms with Gasteiger partial charge in [-0.25, -0.2) is 4.98 Å². The van der Waals surface area contributed by atoms with Crippen molar-refractivity contribution in [3.05, 3.63) is 48.5 Å². The van der Waals surface area contributed by atoms with Crippen LogP contribution in [-0.2, 0) is 4.79 Å². The first-order valence-corrected chi connectivity index (χ1v) is 5.99. The van der Waals surface area contributed by atoms with Gasteiger partial charge in [0.2, 0.25) is 5.91 Å². The van der Waals surface area contributed by atoms with Crippen molar-refractivity contribution in [2.45, 2.75) is 26.3 Å².